The minimum absolute atomic E-state index is 0.155. The number of imidazole rings is 1. The predicted octanol–water partition coefficient (Wildman–Crippen LogP) is 2.85. The third-order valence-electron chi connectivity index (χ3n) is 6.46. The summed E-state index contributed by atoms with van der Waals surface area (Å²) >= 11 is 0. The number of likely N-dealkylation sites (tertiary alicyclic amines) is 1. The number of benzene rings is 1. The van der Waals surface area contributed by atoms with E-state index in [-0.39, 0.29) is 11.4 Å². The molecule has 1 saturated heterocycles. The Balaban J connectivity index is 1.39. The smallest absolute Gasteiger partial charge is 0.220 e. The fourth-order valence-electron chi connectivity index (χ4n) is 5.06. The number of H-pyrrole nitrogens is 1. The van der Waals surface area contributed by atoms with Crippen LogP contribution < -0.4 is 0 Å². The number of para-hydroxylation sites is 1. The normalized spacial score (nSPS) is 19.1. The maximum absolute atomic E-state index is 12.4. The highest BCUT2D eigenvalue weighted by Gasteiger charge is 2.47. The molecule has 144 valence electrons. The number of hydrogen-bond donors (Lipinski definition) is 1. The molecule has 1 fully saturated rings. The van der Waals surface area contributed by atoms with Crippen LogP contribution in [0.25, 0.3) is 10.9 Å². The number of carbonyl (C=O) groups excluding carboxylic acids is 1. The van der Waals surface area contributed by atoms with E-state index in [0.717, 1.165) is 56.7 Å². The van der Waals surface area contributed by atoms with E-state index in [9.17, 15) is 4.79 Å². The lowest BCUT2D eigenvalue weighted by Gasteiger charge is -2.50. The van der Waals surface area contributed by atoms with Crippen molar-refractivity contribution in [1.82, 2.24) is 24.8 Å². The molecule has 1 N–H and O–H groups in total. The van der Waals surface area contributed by atoms with Gasteiger partial charge in [-0.05, 0) is 30.5 Å². The number of fused-ring (bicyclic) bond motifs is 3. The zero-order chi connectivity index (χ0) is 19.1. The van der Waals surface area contributed by atoms with Gasteiger partial charge in [0.1, 0.15) is 0 Å². The van der Waals surface area contributed by atoms with Crippen molar-refractivity contribution in [2.45, 2.75) is 38.3 Å². The molecule has 6 heteroatoms. The minimum atomic E-state index is -0.254. The average Bonchev–Trinajstić information content (AvgIpc) is 3.20. The van der Waals surface area contributed by atoms with Crippen molar-refractivity contribution in [2.24, 2.45) is 0 Å². The second-order valence-corrected chi connectivity index (χ2v) is 7.95. The molecule has 3 aromatic rings. The van der Waals surface area contributed by atoms with Crippen molar-refractivity contribution in [3.05, 3.63) is 59.8 Å². The van der Waals surface area contributed by atoms with Gasteiger partial charge in [0.25, 0.3) is 0 Å². The Morgan fingerprint density at radius 1 is 1.14 bits per heavy atom. The molecule has 2 aliphatic rings. The van der Waals surface area contributed by atoms with E-state index in [0.29, 0.717) is 0 Å². The molecule has 2 aliphatic heterocycles. The van der Waals surface area contributed by atoms with Crippen molar-refractivity contribution < 1.29 is 4.79 Å². The van der Waals surface area contributed by atoms with Gasteiger partial charge in [0.05, 0.1) is 23.1 Å². The molecule has 2 aromatic heterocycles. The van der Waals surface area contributed by atoms with E-state index < -0.39 is 0 Å². The molecule has 1 aromatic carbocycles. The number of aromatic nitrogens is 3. The molecular formula is C22H25N5O. The molecule has 6 nitrogen and oxygen atoms in total. The monoisotopic (exact) mass is 375 g/mol. The van der Waals surface area contributed by atoms with Gasteiger partial charge in [-0.2, -0.15) is 0 Å². The van der Waals surface area contributed by atoms with Crippen LogP contribution in [-0.2, 0) is 23.3 Å². The molecular weight excluding hydrogens is 350 g/mol. The van der Waals surface area contributed by atoms with E-state index in [2.05, 4.69) is 49.0 Å². The summed E-state index contributed by atoms with van der Waals surface area (Å²) in [6.45, 7) is 5.28. The number of carbonyl (C=O) groups is 1. The van der Waals surface area contributed by atoms with Crippen molar-refractivity contribution in [3.63, 3.8) is 0 Å². The summed E-state index contributed by atoms with van der Waals surface area (Å²) in [5.74, 6) is 0.155. The van der Waals surface area contributed by atoms with Crippen molar-refractivity contribution in [3.8, 4) is 0 Å². The van der Waals surface area contributed by atoms with Crippen LogP contribution in [0.15, 0.2) is 42.9 Å². The molecule has 1 spiro atoms. The van der Waals surface area contributed by atoms with E-state index in [1.54, 1.807) is 13.3 Å². The molecule has 0 atom stereocenters. The fourth-order valence-corrected chi connectivity index (χ4v) is 5.06. The van der Waals surface area contributed by atoms with Crippen LogP contribution in [0.2, 0.25) is 0 Å². The maximum Gasteiger partial charge on any atom is 0.220 e. The van der Waals surface area contributed by atoms with Crippen LogP contribution in [0.1, 0.15) is 36.7 Å². The first-order valence-corrected chi connectivity index (χ1v) is 10.0. The fraction of sp³-hybridized carbons (Fsp3) is 0.409. The largest absolute Gasteiger partial charge is 0.348 e. The van der Waals surface area contributed by atoms with Gasteiger partial charge in [-0.15, -0.1) is 0 Å². The highest BCUT2D eigenvalue weighted by atomic mass is 16.2. The number of aromatic amines is 1. The Hall–Kier alpha value is -2.73. The van der Waals surface area contributed by atoms with Gasteiger partial charge < -0.3 is 9.88 Å². The number of nitrogens with one attached hydrogen (secondary N) is 1. The lowest BCUT2D eigenvalue weighted by Crippen LogP contribution is -2.57. The molecule has 0 bridgehead atoms. The number of piperidine rings is 1. The first-order valence-electron chi connectivity index (χ1n) is 10.0. The summed E-state index contributed by atoms with van der Waals surface area (Å²) < 4.78 is 0. The van der Waals surface area contributed by atoms with E-state index >= 15 is 0 Å². The molecule has 0 radical (unpaired) electrons. The van der Waals surface area contributed by atoms with Crippen molar-refractivity contribution in [2.75, 3.05) is 19.6 Å². The molecule has 5 rings (SSSR count). The van der Waals surface area contributed by atoms with Crippen LogP contribution in [0.5, 0.6) is 0 Å². The van der Waals surface area contributed by atoms with Gasteiger partial charge in [-0.25, -0.2) is 4.98 Å². The summed E-state index contributed by atoms with van der Waals surface area (Å²) in [6, 6.07) is 10.4. The summed E-state index contributed by atoms with van der Waals surface area (Å²) in [6.07, 6.45) is 6.40. The quantitative estimate of drug-likeness (QED) is 0.748. The average molecular weight is 375 g/mol. The van der Waals surface area contributed by atoms with Crippen LogP contribution in [0.4, 0.5) is 0 Å². The third-order valence-corrected chi connectivity index (χ3v) is 6.46. The molecule has 0 aliphatic carbocycles. The SMILES string of the molecule is CC(=O)N1CCc2[nH]cnc2C12CCN(Cc1ccnc3ccccc13)CC2. The number of amides is 1. The highest BCUT2D eigenvalue weighted by molar-refractivity contribution is 5.81. The third kappa shape index (κ3) is 2.71. The Kier molecular flexibility index (Phi) is 4.16. The Morgan fingerprint density at radius 3 is 2.79 bits per heavy atom. The van der Waals surface area contributed by atoms with Gasteiger partial charge in [-0.3, -0.25) is 14.7 Å². The number of rotatable bonds is 2. The van der Waals surface area contributed by atoms with Crippen LogP contribution in [0, 0.1) is 0 Å². The van der Waals surface area contributed by atoms with Crippen LogP contribution in [0.3, 0.4) is 0 Å². The van der Waals surface area contributed by atoms with E-state index in [1.807, 2.05) is 12.3 Å². The molecule has 28 heavy (non-hydrogen) atoms. The highest BCUT2D eigenvalue weighted by Crippen LogP contribution is 2.42. The Morgan fingerprint density at radius 2 is 1.96 bits per heavy atom. The van der Waals surface area contributed by atoms with E-state index in [4.69, 9.17) is 0 Å². The summed E-state index contributed by atoms with van der Waals surface area (Å²) in [4.78, 5) is 29.4. The zero-order valence-corrected chi connectivity index (χ0v) is 16.2. The summed E-state index contributed by atoms with van der Waals surface area (Å²) in [5.41, 5.74) is 4.39. The van der Waals surface area contributed by atoms with Crippen LogP contribution in [-0.4, -0.2) is 50.3 Å². The van der Waals surface area contributed by atoms with Crippen LogP contribution >= 0.6 is 0 Å². The molecule has 4 heterocycles. The standard InChI is InChI=1S/C22H25N5O/c1-16(28)27-11-7-20-21(25-15-24-20)22(27)8-12-26(13-9-22)14-17-6-10-23-19-5-3-2-4-18(17)19/h2-6,10,15H,7-9,11-14H2,1H3,(H,24,25). The minimum Gasteiger partial charge on any atom is -0.348 e. The Labute approximate surface area is 164 Å². The Bertz CT molecular complexity index is 1010. The number of nitrogens with zero attached hydrogens (tertiary/aromatic N) is 4. The maximum atomic E-state index is 12.4. The lowest BCUT2D eigenvalue weighted by atomic mass is 9.78. The first kappa shape index (κ1) is 17.4. The second-order valence-electron chi connectivity index (χ2n) is 7.95. The van der Waals surface area contributed by atoms with E-state index in [1.165, 1.54) is 16.6 Å². The van der Waals surface area contributed by atoms with Crippen molar-refractivity contribution >= 4 is 16.8 Å². The molecule has 0 unspecified atom stereocenters. The molecule has 0 saturated carbocycles. The van der Waals surface area contributed by atoms with Gasteiger partial charge in [-0.1, -0.05) is 18.2 Å². The second kappa shape index (κ2) is 6.71. The topological polar surface area (TPSA) is 65.1 Å². The zero-order valence-electron chi connectivity index (χ0n) is 16.2. The van der Waals surface area contributed by atoms with Gasteiger partial charge in [0.15, 0.2) is 0 Å². The predicted molar refractivity (Wildman–Crippen MR) is 108 cm³/mol. The van der Waals surface area contributed by atoms with Gasteiger partial charge >= 0.3 is 0 Å². The van der Waals surface area contributed by atoms with Gasteiger partial charge in [0, 0.05) is 56.8 Å². The summed E-state index contributed by atoms with van der Waals surface area (Å²) in [7, 11) is 0. The molecule has 1 amide bonds. The number of hydrogen-bond acceptors (Lipinski definition) is 4. The lowest BCUT2D eigenvalue weighted by molar-refractivity contribution is -0.139. The first-order chi connectivity index (χ1) is 13.7. The van der Waals surface area contributed by atoms with Gasteiger partial charge in [0.2, 0.25) is 5.91 Å². The van der Waals surface area contributed by atoms with Crippen molar-refractivity contribution in [1.29, 1.82) is 0 Å². The number of pyridine rings is 1. The summed E-state index contributed by atoms with van der Waals surface area (Å²) in [5, 5.41) is 1.22.